The molecule has 0 unspecified atom stereocenters. The van der Waals surface area contributed by atoms with Crippen molar-refractivity contribution in [2.45, 2.75) is 0 Å². The number of methoxy groups -OCH3 is 3. The van der Waals surface area contributed by atoms with E-state index in [-0.39, 0.29) is 6.71 Å². The van der Waals surface area contributed by atoms with Crippen LogP contribution in [0.4, 0.5) is 0 Å². The maximum atomic E-state index is 5.50. The Balaban J connectivity index is 3.66. The molecule has 19 heavy (non-hydrogen) atoms. The van der Waals surface area contributed by atoms with Gasteiger partial charge in [-0.15, -0.1) is 0 Å². The van der Waals surface area contributed by atoms with E-state index in [1.807, 2.05) is 0 Å². The molecule has 0 N–H and O–H groups in total. The zero-order valence-electron chi connectivity index (χ0n) is 12.4. The Kier molecular flexibility index (Phi) is 15.7. The van der Waals surface area contributed by atoms with Crippen LogP contribution in [0.25, 0.3) is 0 Å². The van der Waals surface area contributed by atoms with E-state index in [0.29, 0.717) is 59.2 Å². The first-order valence-electron chi connectivity index (χ1n) is 6.55. The fourth-order valence-corrected chi connectivity index (χ4v) is 1.32. The second-order valence-electron chi connectivity index (χ2n) is 4.07. The SMILES string of the molecule is COCCOCB(COCCOC)COCCOC. The molecular weight excluding hydrogens is 251 g/mol. The summed E-state index contributed by atoms with van der Waals surface area (Å²) < 4.78 is 31.3. The molecular formula is C12H27BO6. The molecule has 0 aromatic heterocycles. The summed E-state index contributed by atoms with van der Waals surface area (Å²) in [7, 11) is 4.97. The maximum Gasteiger partial charge on any atom is 0.231 e. The Morgan fingerprint density at radius 2 is 0.842 bits per heavy atom. The van der Waals surface area contributed by atoms with E-state index < -0.39 is 0 Å². The summed E-state index contributed by atoms with van der Waals surface area (Å²) in [6.07, 6.45) is 0. The van der Waals surface area contributed by atoms with Crippen LogP contribution in [0.1, 0.15) is 0 Å². The number of hydrogen-bond acceptors (Lipinski definition) is 6. The van der Waals surface area contributed by atoms with Gasteiger partial charge in [-0.3, -0.25) is 0 Å². The quantitative estimate of drug-likeness (QED) is 0.312. The Morgan fingerprint density at radius 3 is 1.11 bits per heavy atom. The molecule has 0 aliphatic heterocycles. The van der Waals surface area contributed by atoms with E-state index in [2.05, 4.69) is 0 Å². The topological polar surface area (TPSA) is 55.4 Å². The van der Waals surface area contributed by atoms with E-state index in [9.17, 15) is 0 Å². The summed E-state index contributed by atoms with van der Waals surface area (Å²) >= 11 is 0. The second kappa shape index (κ2) is 15.9. The van der Waals surface area contributed by atoms with Crippen LogP contribution in [0.3, 0.4) is 0 Å². The number of hydrogen-bond donors (Lipinski definition) is 0. The van der Waals surface area contributed by atoms with Crippen molar-refractivity contribution in [3.63, 3.8) is 0 Å². The van der Waals surface area contributed by atoms with Crippen molar-refractivity contribution in [1.29, 1.82) is 0 Å². The zero-order valence-corrected chi connectivity index (χ0v) is 12.4. The van der Waals surface area contributed by atoms with Crippen LogP contribution in [0, 0.1) is 0 Å². The van der Waals surface area contributed by atoms with Gasteiger partial charge in [-0.25, -0.2) is 0 Å². The molecule has 114 valence electrons. The smallest absolute Gasteiger partial charge is 0.231 e. The lowest BCUT2D eigenvalue weighted by Crippen LogP contribution is -2.35. The van der Waals surface area contributed by atoms with Gasteiger partial charge in [-0.2, -0.15) is 0 Å². The molecule has 0 bridgehead atoms. The first kappa shape index (κ1) is 18.8. The number of ether oxygens (including phenoxy) is 6. The fourth-order valence-electron chi connectivity index (χ4n) is 1.32. The highest BCUT2D eigenvalue weighted by Crippen LogP contribution is 1.91. The highest BCUT2D eigenvalue weighted by molar-refractivity contribution is 6.58. The summed E-state index contributed by atoms with van der Waals surface area (Å²) in [5, 5.41) is 0. The maximum absolute atomic E-state index is 5.50. The van der Waals surface area contributed by atoms with Crippen molar-refractivity contribution in [3.05, 3.63) is 0 Å². The molecule has 7 heteroatoms. The van der Waals surface area contributed by atoms with E-state index >= 15 is 0 Å². The standard InChI is InChI=1S/C12H27BO6/c1-14-4-7-17-10-13(11-18-8-5-15-2)12-19-9-6-16-3/h4-12H2,1-3H3. The third-order valence-electron chi connectivity index (χ3n) is 2.36. The first-order valence-corrected chi connectivity index (χ1v) is 6.55. The van der Waals surface area contributed by atoms with E-state index in [4.69, 9.17) is 28.4 Å². The molecule has 0 aromatic rings. The molecule has 0 saturated heterocycles. The van der Waals surface area contributed by atoms with Gasteiger partial charge >= 0.3 is 0 Å². The third kappa shape index (κ3) is 14.0. The highest BCUT2D eigenvalue weighted by atomic mass is 16.5. The molecule has 6 nitrogen and oxygen atoms in total. The van der Waals surface area contributed by atoms with Crippen molar-refractivity contribution in [3.8, 4) is 0 Å². The van der Waals surface area contributed by atoms with E-state index in [0.717, 1.165) is 0 Å². The lowest BCUT2D eigenvalue weighted by atomic mass is 9.52. The average molecular weight is 278 g/mol. The molecule has 0 fully saturated rings. The Morgan fingerprint density at radius 1 is 0.526 bits per heavy atom. The van der Waals surface area contributed by atoms with Crippen LogP contribution in [0.15, 0.2) is 0 Å². The van der Waals surface area contributed by atoms with Gasteiger partial charge in [0, 0.05) is 40.8 Å². The van der Waals surface area contributed by atoms with Crippen molar-refractivity contribution in [2.24, 2.45) is 0 Å². The molecule has 0 spiro atoms. The Labute approximate surface area is 116 Å². The molecule has 0 amide bonds. The molecule has 0 aliphatic carbocycles. The second-order valence-corrected chi connectivity index (χ2v) is 4.07. The van der Waals surface area contributed by atoms with Crippen molar-refractivity contribution in [2.75, 3.05) is 80.5 Å². The Hall–Kier alpha value is -0.175. The van der Waals surface area contributed by atoms with Crippen molar-refractivity contribution >= 4 is 6.71 Å². The monoisotopic (exact) mass is 278 g/mol. The molecule has 0 heterocycles. The minimum absolute atomic E-state index is 0.213. The van der Waals surface area contributed by atoms with Crippen molar-refractivity contribution < 1.29 is 28.4 Å². The minimum Gasteiger partial charge on any atom is -0.387 e. The van der Waals surface area contributed by atoms with Crippen LogP contribution < -0.4 is 0 Å². The third-order valence-corrected chi connectivity index (χ3v) is 2.36. The minimum atomic E-state index is 0.213. The highest BCUT2D eigenvalue weighted by Gasteiger charge is 2.15. The largest absolute Gasteiger partial charge is 0.387 e. The van der Waals surface area contributed by atoms with Gasteiger partial charge in [0.2, 0.25) is 6.71 Å². The first-order chi connectivity index (χ1) is 9.35. The molecule has 0 aliphatic rings. The fraction of sp³-hybridized carbons (Fsp3) is 1.00. The van der Waals surface area contributed by atoms with Gasteiger partial charge in [0.1, 0.15) is 0 Å². The van der Waals surface area contributed by atoms with Crippen LogP contribution in [0.5, 0.6) is 0 Å². The van der Waals surface area contributed by atoms with Gasteiger partial charge in [-0.05, 0) is 0 Å². The summed E-state index contributed by atoms with van der Waals surface area (Å²) in [4.78, 5) is 0. The normalized spacial score (nSPS) is 10.9. The summed E-state index contributed by atoms with van der Waals surface area (Å²) in [5.74, 6) is 0. The molecule has 0 atom stereocenters. The summed E-state index contributed by atoms with van der Waals surface area (Å²) in [5.41, 5.74) is 0. The number of rotatable bonds is 15. The molecule has 0 rings (SSSR count). The van der Waals surface area contributed by atoms with Gasteiger partial charge in [0.25, 0.3) is 0 Å². The van der Waals surface area contributed by atoms with E-state index in [1.165, 1.54) is 0 Å². The summed E-state index contributed by atoms with van der Waals surface area (Å²) in [6.45, 7) is 5.57. The van der Waals surface area contributed by atoms with Crippen molar-refractivity contribution in [1.82, 2.24) is 0 Å². The summed E-state index contributed by atoms with van der Waals surface area (Å²) in [6, 6.07) is 0. The van der Waals surface area contributed by atoms with Gasteiger partial charge in [0.15, 0.2) is 0 Å². The average Bonchev–Trinajstić information content (AvgIpc) is 2.43. The van der Waals surface area contributed by atoms with Crippen LogP contribution in [-0.2, 0) is 28.4 Å². The lowest BCUT2D eigenvalue weighted by Gasteiger charge is -2.14. The van der Waals surface area contributed by atoms with E-state index in [1.54, 1.807) is 21.3 Å². The molecule has 0 radical (unpaired) electrons. The molecule has 0 aromatic carbocycles. The van der Waals surface area contributed by atoms with Gasteiger partial charge < -0.3 is 28.4 Å². The van der Waals surface area contributed by atoms with Gasteiger partial charge in [0.05, 0.1) is 39.6 Å². The zero-order chi connectivity index (χ0) is 14.2. The Bertz CT molecular complexity index is 144. The van der Waals surface area contributed by atoms with Crippen LogP contribution >= 0.6 is 0 Å². The van der Waals surface area contributed by atoms with Crippen LogP contribution in [-0.4, -0.2) is 87.2 Å². The lowest BCUT2D eigenvalue weighted by molar-refractivity contribution is 0.0681. The predicted molar refractivity (Wildman–Crippen MR) is 73.8 cm³/mol. The van der Waals surface area contributed by atoms with Gasteiger partial charge in [-0.1, -0.05) is 0 Å². The predicted octanol–water partition coefficient (Wildman–Crippen LogP) is 0.0878. The molecule has 0 saturated carbocycles. The van der Waals surface area contributed by atoms with Crippen LogP contribution in [0.2, 0.25) is 0 Å².